The molecule has 3 nitrogen and oxygen atoms in total. The second kappa shape index (κ2) is 5.71. The molecule has 4 heteroatoms. The van der Waals surface area contributed by atoms with Crippen LogP contribution in [0.1, 0.15) is 45.1 Å². The van der Waals surface area contributed by atoms with Gasteiger partial charge in [0.25, 0.3) is 0 Å². The standard InChI is InChI=1S/C13H23N3S/c1-9(2)12-15-10(3)7-11(16-12)14-8-13(4,5)17-6/h7,9H,8H2,1-6H3,(H,14,15,16). The second-order valence-corrected chi connectivity index (χ2v) is 6.74. The number of thioether (sulfide) groups is 1. The van der Waals surface area contributed by atoms with Gasteiger partial charge in [0.05, 0.1) is 0 Å². The summed E-state index contributed by atoms with van der Waals surface area (Å²) in [5.41, 5.74) is 1.02. The van der Waals surface area contributed by atoms with E-state index in [1.807, 2.05) is 24.8 Å². The Bertz CT molecular complexity index is 375. The first-order chi connectivity index (χ1) is 7.84. The van der Waals surface area contributed by atoms with Gasteiger partial charge < -0.3 is 5.32 Å². The van der Waals surface area contributed by atoms with Crippen molar-refractivity contribution in [1.82, 2.24) is 9.97 Å². The Morgan fingerprint density at radius 2 is 2.00 bits per heavy atom. The Kier molecular flexibility index (Phi) is 4.80. The number of nitrogens with one attached hydrogen (secondary N) is 1. The summed E-state index contributed by atoms with van der Waals surface area (Å²) in [5.74, 6) is 2.21. The molecule has 0 radical (unpaired) electrons. The Morgan fingerprint density at radius 3 is 2.53 bits per heavy atom. The van der Waals surface area contributed by atoms with Crippen molar-refractivity contribution in [1.29, 1.82) is 0 Å². The Morgan fingerprint density at radius 1 is 1.35 bits per heavy atom. The molecule has 0 bridgehead atoms. The van der Waals surface area contributed by atoms with Crippen LogP contribution in [0.4, 0.5) is 5.82 Å². The van der Waals surface area contributed by atoms with Crippen LogP contribution in [-0.4, -0.2) is 27.5 Å². The molecule has 0 aliphatic carbocycles. The molecule has 0 saturated carbocycles. The third-order valence-corrected chi connectivity index (χ3v) is 3.89. The number of aryl methyl sites for hydroxylation is 1. The minimum absolute atomic E-state index is 0.219. The summed E-state index contributed by atoms with van der Waals surface area (Å²) in [6.45, 7) is 11.6. The van der Waals surface area contributed by atoms with Gasteiger partial charge in [0, 0.05) is 29.0 Å². The summed E-state index contributed by atoms with van der Waals surface area (Å²) in [6.07, 6.45) is 2.13. The van der Waals surface area contributed by atoms with E-state index in [1.54, 1.807) is 0 Å². The molecule has 96 valence electrons. The largest absolute Gasteiger partial charge is 0.369 e. The summed E-state index contributed by atoms with van der Waals surface area (Å²) >= 11 is 1.86. The lowest BCUT2D eigenvalue weighted by Gasteiger charge is -2.22. The quantitative estimate of drug-likeness (QED) is 0.872. The van der Waals surface area contributed by atoms with Crippen LogP contribution in [0.15, 0.2) is 6.07 Å². The maximum Gasteiger partial charge on any atom is 0.133 e. The highest BCUT2D eigenvalue weighted by Crippen LogP contribution is 2.22. The molecular formula is C13H23N3S. The second-order valence-electron chi connectivity index (χ2n) is 5.22. The first-order valence-corrected chi connectivity index (χ1v) is 7.21. The fraction of sp³-hybridized carbons (Fsp3) is 0.692. The summed E-state index contributed by atoms with van der Waals surface area (Å²) in [4.78, 5) is 8.98. The Balaban J connectivity index is 2.78. The predicted octanol–water partition coefficient (Wildman–Crippen LogP) is 3.46. The van der Waals surface area contributed by atoms with Crippen LogP contribution in [0, 0.1) is 6.92 Å². The van der Waals surface area contributed by atoms with Gasteiger partial charge in [-0.25, -0.2) is 9.97 Å². The van der Waals surface area contributed by atoms with Gasteiger partial charge in [-0.3, -0.25) is 0 Å². The van der Waals surface area contributed by atoms with Gasteiger partial charge in [-0.2, -0.15) is 11.8 Å². The molecule has 1 heterocycles. The number of hydrogen-bond acceptors (Lipinski definition) is 4. The number of hydrogen-bond donors (Lipinski definition) is 1. The van der Waals surface area contributed by atoms with Crippen LogP contribution in [0.2, 0.25) is 0 Å². The normalized spacial score (nSPS) is 11.9. The molecule has 0 aliphatic heterocycles. The van der Waals surface area contributed by atoms with Crippen molar-refractivity contribution in [2.45, 2.75) is 45.3 Å². The van der Waals surface area contributed by atoms with Crippen LogP contribution in [0.5, 0.6) is 0 Å². The maximum atomic E-state index is 4.54. The zero-order valence-corrected chi connectivity index (χ0v) is 12.5. The van der Waals surface area contributed by atoms with Crippen molar-refractivity contribution >= 4 is 17.6 Å². The van der Waals surface area contributed by atoms with Gasteiger partial charge in [0.1, 0.15) is 11.6 Å². The summed E-state index contributed by atoms with van der Waals surface area (Å²) in [5, 5.41) is 3.40. The Hall–Kier alpha value is -0.770. The highest BCUT2D eigenvalue weighted by Gasteiger charge is 2.16. The van der Waals surface area contributed by atoms with E-state index in [-0.39, 0.29) is 4.75 Å². The molecule has 0 saturated heterocycles. The van der Waals surface area contributed by atoms with Crippen molar-refractivity contribution in [2.75, 3.05) is 18.1 Å². The van der Waals surface area contributed by atoms with Gasteiger partial charge >= 0.3 is 0 Å². The third kappa shape index (κ3) is 4.54. The molecule has 1 aromatic rings. The van der Waals surface area contributed by atoms with E-state index in [9.17, 15) is 0 Å². The topological polar surface area (TPSA) is 37.8 Å². The first-order valence-electron chi connectivity index (χ1n) is 5.98. The number of rotatable bonds is 5. The molecule has 0 aromatic carbocycles. The van der Waals surface area contributed by atoms with Gasteiger partial charge in [-0.05, 0) is 27.0 Å². The van der Waals surface area contributed by atoms with Gasteiger partial charge in [0.15, 0.2) is 0 Å². The molecular weight excluding hydrogens is 230 g/mol. The lowest BCUT2D eigenvalue weighted by Crippen LogP contribution is -2.26. The number of aromatic nitrogens is 2. The molecule has 1 aromatic heterocycles. The van der Waals surface area contributed by atoms with E-state index in [2.05, 4.69) is 49.2 Å². The summed E-state index contributed by atoms with van der Waals surface area (Å²) in [7, 11) is 0. The van der Waals surface area contributed by atoms with E-state index < -0.39 is 0 Å². The van der Waals surface area contributed by atoms with Gasteiger partial charge in [0.2, 0.25) is 0 Å². The van der Waals surface area contributed by atoms with Crippen LogP contribution in [0.25, 0.3) is 0 Å². The molecule has 0 unspecified atom stereocenters. The van der Waals surface area contributed by atoms with Crippen LogP contribution >= 0.6 is 11.8 Å². The van der Waals surface area contributed by atoms with Crippen LogP contribution < -0.4 is 5.32 Å². The van der Waals surface area contributed by atoms with Crippen molar-refractivity contribution in [3.05, 3.63) is 17.6 Å². The zero-order valence-electron chi connectivity index (χ0n) is 11.7. The van der Waals surface area contributed by atoms with E-state index >= 15 is 0 Å². The van der Waals surface area contributed by atoms with Crippen molar-refractivity contribution in [3.63, 3.8) is 0 Å². The van der Waals surface area contributed by atoms with Gasteiger partial charge in [-0.15, -0.1) is 0 Å². The summed E-state index contributed by atoms with van der Waals surface area (Å²) < 4.78 is 0.219. The molecule has 0 atom stereocenters. The summed E-state index contributed by atoms with van der Waals surface area (Å²) in [6, 6.07) is 2.00. The average Bonchev–Trinajstić information content (AvgIpc) is 2.26. The van der Waals surface area contributed by atoms with E-state index in [4.69, 9.17) is 0 Å². The SMILES string of the molecule is CSC(C)(C)CNc1cc(C)nc(C(C)C)n1. The highest BCUT2D eigenvalue weighted by molar-refractivity contribution is 7.99. The number of nitrogens with zero attached hydrogens (tertiary/aromatic N) is 2. The molecule has 1 N–H and O–H groups in total. The van der Waals surface area contributed by atoms with E-state index in [1.165, 1.54) is 0 Å². The molecule has 1 rings (SSSR count). The number of anilines is 1. The minimum Gasteiger partial charge on any atom is -0.369 e. The molecule has 0 amide bonds. The lowest BCUT2D eigenvalue weighted by atomic mass is 10.2. The van der Waals surface area contributed by atoms with E-state index in [0.29, 0.717) is 5.92 Å². The Labute approximate surface area is 109 Å². The van der Waals surface area contributed by atoms with Crippen molar-refractivity contribution in [3.8, 4) is 0 Å². The molecule has 0 aliphatic rings. The zero-order chi connectivity index (χ0) is 13.1. The van der Waals surface area contributed by atoms with Crippen LogP contribution in [0.3, 0.4) is 0 Å². The van der Waals surface area contributed by atoms with Crippen molar-refractivity contribution < 1.29 is 0 Å². The first kappa shape index (κ1) is 14.3. The minimum atomic E-state index is 0.219. The highest BCUT2D eigenvalue weighted by atomic mass is 32.2. The third-order valence-electron chi connectivity index (χ3n) is 2.64. The fourth-order valence-electron chi connectivity index (χ4n) is 1.32. The average molecular weight is 253 g/mol. The van der Waals surface area contributed by atoms with Gasteiger partial charge in [-0.1, -0.05) is 13.8 Å². The molecule has 0 spiro atoms. The monoisotopic (exact) mass is 253 g/mol. The molecule has 0 fully saturated rings. The lowest BCUT2D eigenvalue weighted by molar-refractivity contribution is 0.738. The molecule has 17 heavy (non-hydrogen) atoms. The fourth-order valence-corrected chi connectivity index (χ4v) is 1.53. The van der Waals surface area contributed by atoms with E-state index in [0.717, 1.165) is 23.9 Å². The van der Waals surface area contributed by atoms with Crippen LogP contribution in [-0.2, 0) is 0 Å². The van der Waals surface area contributed by atoms with Crippen molar-refractivity contribution in [2.24, 2.45) is 0 Å². The smallest absolute Gasteiger partial charge is 0.133 e. The predicted molar refractivity (Wildman–Crippen MR) is 76.9 cm³/mol. The maximum absolute atomic E-state index is 4.54.